The van der Waals surface area contributed by atoms with Crippen LogP contribution >= 0.6 is 0 Å². The van der Waals surface area contributed by atoms with Gasteiger partial charge in [-0.2, -0.15) is 0 Å². The zero-order valence-electron chi connectivity index (χ0n) is 17.6. The fraction of sp³-hybridized carbons (Fsp3) is 0.375. The van der Waals surface area contributed by atoms with E-state index in [2.05, 4.69) is 52.1 Å². The van der Waals surface area contributed by atoms with E-state index in [9.17, 15) is 0 Å². The molecule has 2 aliphatic rings. The van der Waals surface area contributed by atoms with E-state index in [0.717, 1.165) is 56.4 Å². The number of hydrogen-bond acceptors (Lipinski definition) is 6. The number of aryl methyl sites for hydroxylation is 1. The quantitative estimate of drug-likeness (QED) is 0.684. The van der Waals surface area contributed by atoms with E-state index in [1.807, 2.05) is 30.3 Å². The molecule has 2 fully saturated rings. The van der Waals surface area contributed by atoms with E-state index in [4.69, 9.17) is 9.15 Å². The monoisotopic (exact) mass is 404 g/mol. The summed E-state index contributed by atoms with van der Waals surface area (Å²) in [7, 11) is 0. The lowest BCUT2D eigenvalue weighted by Crippen LogP contribution is -2.64. The molecule has 0 spiro atoms. The average molecular weight is 405 g/mol. The van der Waals surface area contributed by atoms with Crippen LogP contribution in [0.1, 0.15) is 12.5 Å². The van der Waals surface area contributed by atoms with Gasteiger partial charge in [0.1, 0.15) is 0 Å². The van der Waals surface area contributed by atoms with Crippen LogP contribution in [0.15, 0.2) is 59.1 Å². The van der Waals surface area contributed by atoms with Crippen molar-refractivity contribution in [3.63, 3.8) is 0 Å². The maximum atomic E-state index is 5.91. The highest BCUT2D eigenvalue weighted by molar-refractivity contribution is 5.65. The maximum absolute atomic E-state index is 5.91. The Hall–Kier alpha value is -2.83. The normalized spacial score (nSPS) is 18.8. The third kappa shape index (κ3) is 3.80. The van der Waals surface area contributed by atoms with Crippen LogP contribution in [-0.2, 0) is 4.74 Å². The van der Waals surface area contributed by atoms with Crippen LogP contribution in [0.25, 0.3) is 11.3 Å². The first-order valence-electron chi connectivity index (χ1n) is 10.6. The van der Waals surface area contributed by atoms with Gasteiger partial charge in [-0.15, -0.1) is 0 Å². The van der Waals surface area contributed by atoms with E-state index in [1.165, 1.54) is 11.3 Å². The van der Waals surface area contributed by atoms with Gasteiger partial charge in [-0.1, -0.05) is 30.3 Å². The number of rotatable bonds is 5. The molecular weight excluding hydrogens is 376 g/mol. The largest absolute Gasteiger partial charge is 0.423 e. The molecule has 2 aliphatic heterocycles. The number of oxazole rings is 1. The molecule has 3 heterocycles. The summed E-state index contributed by atoms with van der Waals surface area (Å²) in [4.78, 5) is 9.43. The van der Waals surface area contributed by atoms with Crippen LogP contribution in [0.3, 0.4) is 0 Å². The van der Waals surface area contributed by atoms with Crippen molar-refractivity contribution in [2.75, 3.05) is 49.6 Å². The molecule has 0 unspecified atom stereocenters. The standard InChI is InChI=1S/C24H28N4O2/c1-18-12-20(26-23-25-15-22(30-23)19-6-4-3-5-7-19)14-21(13-18)27-8-10-28(11-9-27)24(2)16-29-17-24/h3-7,12-15H,8-11,16-17H2,1-2H3,(H,25,26). The predicted molar refractivity (Wildman–Crippen MR) is 119 cm³/mol. The Morgan fingerprint density at radius 3 is 2.47 bits per heavy atom. The van der Waals surface area contributed by atoms with E-state index in [0.29, 0.717) is 6.01 Å². The minimum atomic E-state index is 0.229. The summed E-state index contributed by atoms with van der Waals surface area (Å²) < 4.78 is 11.4. The Morgan fingerprint density at radius 1 is 1.00 bits per heavy atom. The van der Waals surface area contributed by atoms with E-state index in [-0.39, 0.29) is 5.54 Å². The van der Waals surface area contributed by atoms with E-state index < -0.39 is 0 Å². The van der Waals surface area contributed by atoms with Gasteiger partial charge in [0.2, 0.25) is 0 Å². The van der Waals surface area contributed by atoms with Gasteiger partial charge in [0.15, 0.2) is 5.76 Å². The van der Waals surface area contributed by atoms with Crippen LogP contribution in [0.5, 0.6) is 0 Å². The van der Waals surface area contributed by atoms with Crippen LogP contribution in [-0.4, -0.2) is 54.8 Å². The van der Waals surface area contributed by atoms with Crippen molar-refractivity contribution in [2.24, 2.45) is 0 Å². The van der Waals surface area contributed by atoms with Crippen molar-refractivity contribution < 1.29 is 9.15 Å². The lowest BCUT2D eigenvalue weighted by atomic mass is 9.97. The molecule has 0 atom stereocenters. The molecule has 6 nitrogen and oxygen atoms in total. The molecule has 6 heteroatoms. The summed E-state index contributed by atoms with van der Waals surface area (Å²) in [5, 5.41) is 3.33. The zero-order valence-corrected chi connectivity index (χ0v) is 17.6. The highest BCUT2D eigenvalue weighted by Crippen LogP contribution is 2.30. The summed E-state index contributed by atoms with van der Waals surface area (Å²) >= 11 is 0. The van der Waals surface area contributed by atoms with Crippen molar-refractivity contribution in [3.8, 4) is 11.3 Å². The number of piperazine rings is 1. The second-order valence-corrected chi connectivity index (χ2v) is 8.54. The lowest BCUT2D eigenvalue weighted by molar-refractivity contribution is -0.131. The van der Waals surface area contributed by atoms with Gasteiger partial charge in [-0.3, -0.25) is 4.90 Å². The smallest absolute Gasteiger partial charge is 0.299 e. The van der Waals surface area contributed by atoms with Gasteiger partial charge >= 0.3 is 0 Å². The fourth-order valence-electron chi connectivity index (χ4n) is 4.29. The van der Waals surface area contributed by atoms with Gasteiger partial charge < -0.3 is 19.4 Å². The van der Waals surface area contributed by atoms with Crippen LogP contribution in [0.4, 0.5) is 17.4 Å². The highest BCUT2D eigenvalue weighted by atomic mass is 16.5. The first kappa shape index (κ1) is 19.2. The molecule has 0 amide bonds. The van der Waals surface area contributed by atoms with E-state index >= 15 is 0 Å². The number of benzene rings is 2. The molecule has 2 aromatic carbocycles. The Labute approximate surface area is 177 Å². The topological polar surface area (TPSA) is 53.8 Å². The van der Waals surface area contributed by atoms with Crippen molar-refractivity contribution >= 4 is 17.4 Å². The van der Waals surface area contributed by atoms with Gasteiger partial charge in [0.05, 0.1) is 24.9 Å². The second-order valence-electron chi connectivity index (χ2n) is 8.54. The molecule has 30 heavy (non-hydrogen) atoms. The number of nitrogens with one attached hydrogen (secondary N) is 1. The molecular formula is C24H28N4O2. The van der Waals surface area contributed by atoms with Gasteiger partial charge in [-0.05, 0) is 37.6 Å². The van der Waals surface area contributed by atoms with Crippen LogP contribution in [0.2, 0.25) is 0 Å². The fourth-order valence-corrected chi connectivity index (χ4v) is 4.29. The van der Waals surface area contributed by atoms with Gasteiger partial charge in [0.25, 0.3) is 6.01 Å². The minimum absolute atomic E-state index is 0.229. The zero-order chi connectivity index (χ0) is 20.6. The van der Waals surface area contributed by atoms with Crippen molar-refractivity contribution in [1.29, 1.82) is 0 Å². The van der Waals surface area contributed by atoms with E-state index in [1.54, 1.807) is 6.20 Å². The molecule has 0 saturated carbocycles. The Morgan fingerprint density at radius 2 is 1.77 bits per heavy atom. The van der Waals surface area contributed by atoms with Crippen molar-refractivity contribution in [2.45, 2.75) is 19.4 Å². The first-order chi connectivity index (χ1) is 14.6. The number of anilines is 3. The minimum Gasteiger partial charge on any atom is -0.423 e. The molecule has 1 N–H and O–H groups in total. The van der Waals surface area contributed by atoms with Gasteiger partial charge in [-0.25, -0.2) is 4.98 Å². The van der Waals surface area contributed by atoms with Crippen molar-refractivity contribution in [3.05, 3.63) is 60.3 Å². The SMILES string of the molecule is Cc1cc(Nc2ncc(-c3ccccc3)o2)cc(N2CCN(C3(C)COC3)CC2)c1. The summed E-state index contributed by atoms with van der Waals surface area (Å²) in [6.07, 6.45) is 1.76. The summed E-state index contributed by atoms with van der Waals surface area (Å²) in [5.41, 5.74) is 4.69. The Kier molecular flexibility index (Phi) is 4.97. The third-order valence-electron chi connectivity index (χ3n) is 6.11. The number of aromatic nitrogens is 1. The Bertz CT molecular complexity index is 1010. The predicted octanol–water partition coefficient (Wildman–Crippen LogP) is 4.30. The summed E-state index contributed by atoms with van der Waals surface area (Å²) in [6, 6.07) is 17.1. The summed E-state index contributed by atoms with van der Waals surface area (Å²) in [5.74, 6) is 0.760. The van der Waals surface area contributed by atoms with Crippen LogP contribution in [0, 0.1) is 6.92 Å². The van der Waals surface area contributed by atoms with Crippen molar-refractivity contribution in [1.82, 2.24) is 9.88 Å². The highest BCUT2D eigenvalue weighted by Gasteiger charge is 2.40. The number of ether oxygens (including phenoxy) is 1. The second kappa shape index (κ2) is 7.78. The van der Waals surface area contributed by atoms with Gasteiger partial charge in [0, 0.05) is 43.1 Å². The molecule has 5 rings (SSSR count). The molecule has 3 aromatic rings. The molecule has 156 valence electrons. The number of hydrogen-bond donors (Lipinski definition) is 1. The Balaban J connectivity index is 1.28. The molecule has 2 saturated heterocycles. The molecule has 0 aliphatic carbocycles. The average Bonchev–Trinajstić information content (AvgIpc) is 3.21. The van der Waals surface area contributed by atoms with Crippen LogP contribution < -0.4 is 10.2 Å². The first-order valence-corrected chi connectivity index (χ1v) is 10.6. The molecule has 1 aromatic heterocycles. The molecule has 0 radical (unpaired) electrons. The summed E-state index contributed by atoms with van der Waals surface area (Å²) in [6.45, 7) is 10.3. The number of nitrogens with zero attached hydrogens (tertiary/aromatic N) is 3. The molecule has 0 bridgehead atoms. The third-order valence-corrected chi connectivity index (χ3v) is 6.11. The lowest BCUT2D eigenvalue weighted by Gasteiger charge is -2.50. The maximum Gasteiger partial charge on any atom is 0.299 e.